The Morgan fingerprint density at radius 1 is 0.778 bits per heavy atom. The molecule has 0 aliphatic carbocycles. The van der Waals surface area contributed by atoms with Crippen molar-refractivity contribution in [1.82, 2.24) is 0 Å². The fraction of sp³-hybridized carbons (Fsp3) is 0.200. The second-order valence-electron chi connectivity index (χ2n) is 7.31. The van der Waals surface area contributed by atoms with Crippen molar-refractivity contribution in [2.24, 2.45) is 0 Å². The molecule has 0 aliphatic rings. The van der Waals surface area contributed by atoms with E-state index in [-0.39, 0.29) is 27.1 Å². The van der Waals surface area contributed by atoms with Crippen molar-refractivity contribution in [2.75, 3.05) is 40.3 Å². The summed E-state index contributed by atoms with van der Waals surface area (Å²) in [5, 5.41) is 10.5. The minimum absolute atomic E-state index is 0.0695. The van der Waals surface area contributed by atoms with E-state index in [1.165, 1.54) is 65.9 Å². The zero-order chi connectivity index (χ0) is 26.5. The lowest BCUT2D eigenvalue weighted by atomic mass is 10.1. The summed E-state index contributed by atoms with van der Waals surface area (Å²) in [6.07, 6.45) is 3.33. The predicted molar refractivity (Wildman–Crippen MR) is 138 cm³/mol. The van der Waals surface area contributed by atoms with Gasteiger partial charge in [-0.15, -0.1) is 0 Å². The molecule has 3 aromatic carbocycles. The van der Waals surface area contributed by atoms with Crippen LogP contribution in [0.15, 0.2) is 47.4 Å². The van der Waals surface area contributed by atoms with Gasteiger partial charge in [-0.05, 0) is 42.0 Å². The Bertz CT molecular complexity index is 1360. The number of benzene rings is 3. The third-order valence-corrected chi connectivity index (χ3v) is 6.83. The van der Waals surface area contributed by atoms with Gasteiger partial charge in [-0.2, -0.15) is 0 Å². The van der Waals surface area contributed by atoms with Crippen LogP contribution in [0.4, 0.5) is 5.69 Å². The molecule has 0 saturated carbocycles. The molecule has 11 heteroatoms. The van der Waals surface area contributed by atoms with Crippen LogP contribution in [0.25, 0.3) is 12.2 Å². The quantitative estimate of drug-likeness (QED) is 0.274. The van der Waals surface area contributed by atoms with Gasteiger partial charge in [-0.3, -0.25) is 4.72 Å². The van der Waals surface area contributed by atoms with Crippen LogP contribution in [0.2, 0.25) is 5.02 Å². The Labute approximate surface area is 214 Å². The van der Waals surface area contributed by atoms with Crippen LogP contribution >= 0.6 is 11.6 Å². The minimum atomic E-state index is -4.05. The average molecular weight is 536 g/mol. The fourth-order valence-electron chi connectivity index (χ4n) is 3.38. The Morgan fingerprint density at radius 3 is 1.92 bits per heavy atom. The van der Waals surface area contributed by atoms with Crippen LogP contribution < -0.4 is 28.4 Å². The summed E-state index contributed by atoms with van der Waals surface area (Å²) in [5.74, 6) is 1.60. The highest BCUT2D eigenvalue weighted by Gasteiger charge is 2.19. The topological polar surface area (TPSA) is 113 Å². The van der Waals surface area contributed by atoms with Gasteiger partial charge in [0.05, 0.1) is 51.2 Å². The summed E-state index contributed by atoms with van der Waals surface area (Å²) in [6.45, 7) is 0. The molecule has 9 nitrogen and oxygen atoms in total. The van der Waals surface area contributed by atoms with Crippen molar-refractivity contribution in [1.29, 1.82) is 0 Å². The summed E-state index contributed by atoms with van der Waals surface area (Å²) in [5.41, 5.74) is 1.21. The highest BCUT2D eigenvalue weighted by molar-refractivity contribution is 7.92. The minimum Gasteiger partial charge on any atom is -0.504 e. The van der Waals surface area contributed by atoms with Crippen molar-refractivity contribution in [3.63, 3.8) is 0 Å². The average Bonchev–Trinajstić information content (AvgIpc) is 2.87. The van der Waals surface area contributed by atoms with Crippen molar-refractivity contribution in [3.05, 3.63) is 58.6 Å². The van der Waals surface area contributed by atoms with Gasteiger partial charge in [0.2, 0.25) is 5.75 Å². The van der Waals surface area contributed by atoms with E-state index in [1.54, 1.807) is 24.3 Å². The van der Waals surface area contributed by atoms with E-state index >= 15 is 0 Å². The number of methoxy groups -OCH3 is 5. The highest BCUT2D eigenvalue weighted by Crippen LogP contribution is 2.39. The number of aromatic hydroxyl groups is 1. The monoisotopic (exact) mass is 535 g/mol. The number of anilines is 1. The SMILES string of the molecule is COc1cc(NS(=O)(=O)c2ccc(OC)c(Cl)c2)c(/C=C\c2cc(OC)c(OC)c(OC)c2)cc1O. The van der Waals surface area contributed by atoms with Crippen molar-refractivity contribution in [3.8, 4) is 34.5 Å². The zero-order valence-electron chi connectivity index (χ0n) is 20.3. The van der Waals surface area contributed by atoms with Crippen molar-refractivity contribution < 1.29 is 37.2 Å². The van der Waals surface area contributed by atoms with Crippen LogP contribution in [-0.2, 0) is 10.0 Å². The van der Waals surface area contributed by atoms with Crippen LogP contribution in [0.1, 0.15) is 11.1 Å². The number of rotatable bonds is 10. The molecule has 0 amide bonds. The highest BCUT2D eigenvalue weighted by atomic mass is 35.5. The van der Waals surface area contributed by atoms with E-state index < -0.39 is 10.0 Å². The first-order valence-corrected chi connectivity index (χ1v) is 12.3. The van der Waals surface area contributed by atoms with Gasteiger partial charge >= 0.3 is 0 Å². The van der Waals surface area contributed by atoms with Crippen LogP contribution in [0.5, 0.6) is 34.5 Å². The van der Waals surface area contributed by atoms with E-state index in [0.717, 1.165) is 0 Å². The molecule has 36 heavy (non-hydrogen) atoms. The molecule has 3 aromatic rings. The summed E-state index contributed by atoms with van der Waals surface area (Å²) >= 11 is 6.12. The Kier molecular flexibility index (Phi) is 8.44. The largest absolute Gasteiger partial charge is 0.504 e. The molecule has 0 fully saturated rings. The second-order valence-corrected chi connectivity index (χ2v) is 9.39. The lowest BCUT2D eigenvalue weighted by molar-refractivity contribution is 0.324. The van der Waals surface area contributed by atoms with Crippen molar-refractivity contribution >= 4 is 39.5 Å². The molecule has 0 radical (unpaired) electrons. The van der Waals surface area contributed by atoms with Gasteiger partial charge in [0.15, 0.2) is 23.0 Å². The van der Waals surface area contributed by atoms with E-state index in [1.807, 2.05) is 0 Å². The van der Waals surface area contributed by atoms with Gasteiger partial charge in [0.1, 0.15) is 5.75 Å². The normalized spacial score (nSPS) is 11.3. The first-order valence-electron chi connectivity index (χ1n) is 10.4. The van der Waals surface area contributed by atoms with E-state index in [0.29, 0.717) is 34.1 Å². The Hall–Kier alpha value is -3.76. The molecular weight excluding hydrogens is 510 g/mol. The fourth-order valence-corrected chi connectivity index (χ4v) is 4.80. The second kappa shape index (κ2) is 11.3. The van der Waals surface area contributed by atoms with Crippen LogP contribution in [0.3, 0.4) is 0 Å². The lowest BCUT2D eigenvalue weighted by Gasteiger charge is -2.15. The standard InChI is InChI=1S/C25H26ClNO8S/c1-31-21-9-8-17(13-18(21)26)36(29,30)27-19-14-22(32-2)20(28)12-16(19)7-6-15-10-23(33-3)25(35-5)24(11-15)34-4/h6-14,27-28H,1-5H3/b7-6-. The number of phenols is 1. The molecule has 192 valence electrons. The van der Waals surface area contributed by atoms with Gasteiger partial charge < -0.3 is 28.8 Å². The summed E-state index contributed by atoms with van der Waals surface area (Å²) in [7, 11) is 3.26. The maximum absolute atomic E-state index is 13.1. The Morgan fingerprint density at radius 2 is 1.39 bits per heavy atom. The summed E-state index contributed by atoms with van der Waals surface area (Å²) in [4.78, 5) is -0.0695. The molecule has 3 rings (SSSR count). The molecule has 0 saturated heterocycles. The molecule has 0 bridgehead atoms. The molecular formula is C25H26ClNO8S. The molecule has 0 spiro atoms. The van der Waals surface area contributed by atoms with E-state index in [9.17, 15) is 13.5 Å². The first kappa shape index (κ1) is 26.8. The van der Waals surface area contributed by atoms with Crippen LogP contribution in [0, 0.1) is 0 Å². The first-order chi connectivity index (χ1) is 17.2. The molecule has 0 atom stereocenters. The number of hydrogen-bond acceptors (Lipinski definition) is 8. The summed E-state index contributed by atoms with van der Waals surface area (Å²) in [6, 6.07) is 10.3. The third kappa shape index (κ3) is 5.72. The smallest absolute Gasteiger partial charge is 0.261 e. The van der Waals surface area contributed by atoms with Crippen molar-refractivity contribution in [2.45, 2.75) is 4.90 Å². The zero-order valence-corrected chi connectivity index (χ0v) is 21.9. The number of hydrogen-bond donors (Lipinski definition) is 2. The van der Waals surface area contributed by atoms with Gasteiger partial charge in [0, 0.05) is 11.6 Å². The van der Waals surface area contributed by atoms with E-state index in [4.69, 9.17) is 35.3 Å². The van der Waals surface area contributed by atoms with Gasteiger partial charge in [-0.25, -0.2) is 8.42 Å². The molecule has 2 N–H and O–H groups in total. The Balaban J connectivity index is 2.05. The predicted octanol–water partition coefficient (Wildman–Crippen LogP) is 5.06. The lowest BCUT2D eigenvalue weighted by Crippen LogP contribution is -2.14. The van der Waals surface area contributed by atoms with Crippen LogP contribution in [-0.4, -0.2) is 49.1 Å². The molecule has 0 aliphatic heterocycles. The number of sulfonamides is 1. The maximum atomic E-state index is 13.1. The van der Waals surface area contributed by atoms with Gasteiger partial charge in [-0.1, -0.05) is 23.8 Å². The summed E-state index contributed by atoms with van der Waals surface area (Å²) < 4.78 is 55.1. The maximum Gasteiger partial charge on any atom is 0.261 e. The number of ether oxygens (including phenoxy) is 5. The third-order valence-electron chi connectivity index (χ3n) is 5.17. The number of phenolic OH excluding ortho intramolecular Hbond substituents is 1. The number of nitrogens with one attached hydrogen (secondary N) is 1. The van der Waals surface area contributed by atoms with Gasteiger partial charge in [0.25, 0.3) is 10.0 Å². The molecule has 0 heterocycles. The molecule has 0 unspecified atom stereocenters. The van der Waals surface area contributed by atoms with E-state index in [2.05, 4.69) is 4.72 Å². The molecule has 0 aromatic heterocycles. The number of halogens is 1.